The van der Waals surface area contributed by atoms with Gasteiger partial charge in [-0.15, -0.1) is 0 Å². The summed E-state index contributed by atoms with van der Waals surface area (Å²) in [4.78, 5) is 47.5. The van der Waals surface area contributed by atoms with Crippen molar-refractivity contribution in [3.8, 4) is 0 Å². The summed E-state index contributed by atoms with van der Waals surface area (Å²) in [5, 5.41) is 10.9. The number of carboxylic acids is 1. The molecule has 0 aliphatic carbocycles. The zero-order valence-electron chi connectivity index (χ0n) is 9.59. The molecule has 1 atom stereocenters. The lowest BCUT2D eigenvalue weighted by molar-refractivity contribution is -0.141. The van der Waals surface area contributed by atoms with Crippen LogP contribution >= 0.6 is 0 Å². The van der Waals surface area contributed by atoms with Crippen molar-refractivity contribution in [2.75, 3.05) is 26.2 Å². The average Bonchev–Trinajstić information content (AvgIpc) is 2.75. The van der Waals surface area contributed by atoms with Gasteiger partial charge in [-0.3, -0.25) is 19.7 Å². The molecule has 0 bridgehead atoms. The Kier molecular flexibility index (Phi) is 3.17. The van der Waals surface area contributed by atoms with E-state index in [0.29, 0.717) is 13.0 Å². The standard InChI is InChI=1S/C10H13N3O5/c14-7-4-13(5-8(15)11-7)10(18)12-2-1-6(3-12)9(16)17/h6H,1-5H2,(H,16,17)(H,11,14,15). The van der Waals surface area contributed by atoms with Crippen LogP contribution in [0.2, 0.25) is 0 Å². The fourth-order valence-corrected chi connectivity index (χ4v) is 2.11. The van der Waals surface area contributed by atoms with Crippen LogP contribution in [-0.4, -0.2) is 64.9 Å². The maximum atomic E-state index is 12.0. The minimum atomic E-state index is -0.933. The third kappa shape index (κ3) is 2.41. The zero-order chi connectivity index (χ0) is 13.3. The molecular formula is C10H13N3O5. The minimum absolute atomic E-state index is 0.125. The van der Waals surface area contributed by atoms with Crippen LogP contribution in [0.15, 0.2) is 0 Å². The highest BCUT2D eigenvalue weighted by atomic mass is 16.4. The van der Waals surface area contributed by atoms with E-state index in [9.17, 15) is 19.2 Å². The number of hydrogen-bond donors (Lipinski definition) is 2. The molecule has 1 unspecified atom stereocenters. The highest BCUT2D eigenvalue weighted by Crippen LogP contribution is 2.18. The first-order chi connectivity index (χ1) is 8.47. The van der Waals surface area contributed by atoms with Crippen molar-refractivity contribution in [1.29, 1.82) is 0 Å². The van der Waals surface area contributed by atoms with E-state index in [4.69, 9.17) is 5.11 Å². The summed E-state index contributed by atoms with van der Waals surface area (Å²) < 4.78 is 0. The molecule has 2 aliphatic heterocycles. The Morgan fingerprint density at radius 1 is 1.17 bits per heavy atom. The molecule has 0 saturated carbocycles. The van der Waals surface area contributed by atoms with Gasteiger partial charge in [0.25, 0.3) is 0 Å². The van der Waals surface area contributed by atoms with Gasteiger partial charge in [0.05, 0.1) is 5.92 Å². The molecule has 2 N–H and O–H groups in total. The van der Waals surface area contributed by atoms with Crippen LogP contribution < -0.4 is 5.32 Å². The van der Waals surface area contributed by atoms with E-state index in [1.165, 1.54) is 4.90 Å². The van der Waals surface area contributed by atoms with Gasteiger partial charge >= 0.3 is 12.0 Å². The van der Waals surface area contributed by atoms with E-state index >= 15 is 0 Å². The van der Waals surface area contributed by atoms with Crippen molar-refractivity contribution in [2.45, 2.75) is 6.42 Å². The normalized spacial score (nSPS) is 24.1. The van der Waals surface area contributed by atoms with Gasteiger partial charge in [-0.1, -0.05) is 0 Å². The molecule has 0 aromatic carbocycles. The SMILES string of the molecule is O=C1CN(C(=O)N2CCC(C(=O)O)C2)CC(=O)N1. The van der Waals surface area contributed by atoms with Crippen LogP contribution in [0.5, 0.6) is 0 Å². The highest BCUT2D eigenvalue weighted by molar-refractivity contribution is 6.02. The Labute approximate surface area is 103 Å². The van der Waals surface area contributed by atoms with Crippen LogP contribution in [0.3, 0.4) is 0 Å². The van der Waals surface area contributed by atoms with E-state index in [2.05, 4.69) is 5.32 Å². The lowest BCUT2D eigenvalue weighted by atomic mass is 10.1. The third-order valence-electron chi connectivity index (χ3n) is 3.03. The number of nitrogens with one attached hydrogen (secondary N) is 1. The first-order valence-electron chi connectivity index (χ1n) is 5.56. The number of piperazine rings is 1. The van der Waals surface area contributed by atoms with E-state index in [1.54, 1.807) is 0 Å². The predicted molar refractivity (Wildman–Crippen MR) is 57.4 cm³/mol. The second kappa shape index (κ2) is 4.63. The number of carboxylic acid groups (broad SMARTS) is 1. The summed E-state index contributed by atoms with van der Waals surface area (Å²) in [6.45, 7) is 0.125. The Bertz CT molecular complexity index is 406. The number of urea groups is 1. The first-order valence-corrected chi connectivity index (χ1v) is 5.56. The third-order valence-corrected chi connectivity index (χ3v) is 3.03. The fourth-order valence-electron chi connectivity index (χ4n) is 2.11. The summed E-state index contributed by atoms with van der Waals surface area (Å²) in [5.74, 6) is -2.54. The van der Waals surface area contributed by atoms with Crippen LogP contribution in [0.4, 0.5) is 4.79 Å². The van der Waals surface area contributed by atoms with E-state index in [0.717, 1.165) is 4.90 Å². The molecule has 4 amide bonds. The van der Waals surface area contributed by atoms with Gasteiger partial charge in [-0.05, 0) is 6.42 Å². The highest BCUT2D eigenvalue weighted by Gasteiger charge is 2.35. The molecule has 2 heterocycles. The predicted octanol–water partition coefficient (Wildman–Crippen LogP) is -1.53. The Morgan fingerprint density at radius 2 is 1.78 bits per heavy atom. The summed E-state index contributed by atoms with van der Waals surface area (Å²) >= 11 is 0. The number of carbonyl (C=O) groups excluding carboxylic acids is 3. The maximum absolute atomic E-state index is 12.0. The number of nitrogens with zero attached hydrogens (tertiary/aromatic N) is 2. The molecule has 18 heavy (non-hydrogen) atoms. The molecule has 0 radical (unpaired) electrons. The number of likely N-dealkylation sites (tertiary alicyclic amines) is 1. The lowest BCUT2D eigenvalue weighted by Crippen LogP contribution is -2.56. The number of amides is 4. The van der Waals surface area contributed by atoms with Crippen molar-refractivity contribution in [2.24, 2.45) is 5.92 Å². The smallest absolute Gasteiger partial charge is 0.320 e. The fraction of sp³-hybridized carbons (Fsp3) is 0.600. The first kappa shape index (κ1) is 12.3. The summed E-state index contributed by atoms with van der Waals surface area (Å²) in [6, 6.07) is -0.457. The Morgan fingerprint density at radius 3 is 2.28 bits per heavy atom. The van der Waals surface area contributed by atoms with Crippen molar-refractivity contribution in [3.05, 3.63) is 0 Å². The molecule has 2 aliphatic rings. The van der Waals surface area contributed by atoms with Gasteiger partial charge < -0.3 is 14.9 Å². The second-order valence-electron chi connectivity index (χ2n) is 4.38. The number of hydrogen-bond acceptors (Lipinski definition) is 4. The van der Waals surface area contributed by atoms with E-state index in [1.807, 2.05) is 0 Å². The largest absolute Gasteiger partial charge is 0.481 e. The van der Waals surface area contributed by atoms with Crippen LogP contribution in [0, 0.1) is 5.92 Å². The van der Waals surface area contributed by atoms with E-state index in [-0.39, 0.29) is 19.6 Å². The van der Waals surface area contributed by atoms with Gasteiger partial charge in [0.15, 0.2) is 0 Å². The number of carbonyl (C=O) groups is 4. The van der Waals surface area contributed by atoms with Crippen LogP contribution in [0.25, 0.3) is 0 Å². The van der Waals surface area contributed by atoms with Gasteiger partial charge in [-0.25, -0.2) is 4.79 Å². The van der Waals surface area contributed by atoms with Crippen LogP contribution in [0.1, 0.15) is 6.42 Å². The average molecular weight is 255 g/mol. The topological polar surface area (TPSA) is 107 Å². The Balaban J connectivity index is 1.97. The summed E-state index contributed by atoms with van der Waals surface area (Å²) in [6.07, 6.45) is 0.398. The number of imide groups is 1. The van der Waals surface area contributed by atoms with Gasteiger partial charge in [0.1, 0.15) is 13.1 Å². The molecule has 2 fully saturated rings. The molecule has 0 aromatic heterocycles. The minimum Gasteiger partial charge on any atom is -0.481 e. The number of aliphatic carboxylic acids is 1. The summed E-state index contributed by atoms with van der Waals surface area (Å²) in [5.41, 5.74) is 0. The Hall–Kier alpha value is -2.12. The molecule has 2 rings (SSSR count). The van der Waals surface area contributed by atoms with Crippen LogP contribution in [-0.2, 0) is 14.4 Å². The molecule has 8 nitrogen and oxygen atoms in total. The van der Waals surface area contributed by atoms with Gasteiger partial charge in [-0.2, -0.15) is 0 Å². The molecule has 0 spiro atoms. The summed E-state index contributed by atoms with van der Waals surface area (Å²) in [7, 11) is 0. The maximum Gasteiger partial charge on any atom is 0.320 e. The number of rotatable bonds is 1. The zero-order valence-corrected chi connectivity index (χ0v) is 9.59. The molecule has 0 aromatic rings. The quantitative estimate of drug-likeness (QED) is 0.553. The van der Waals surface area contributed by atoms with E-state index < -0.39 is 29.7 Å². The van der Waals surface area contributed by atoms with Gasteiger partial charge in [0, 0.05) is 13.1 Å². The second-order valence-corrected chi connectivity index (χ2v) is 4.38. The molecule has 2 saturated heterocycles. The monoisotopic (exact) mass is 255 g/mol. The van der Waals surface area contributed by atoms with Crippen molar-refractivity contribution in [3.63, 3.8) is 0 Å². The van der Waals surface area contributed by atoms with Crippen molar-refractivity contribution < 1.29 is 24.3 Å². The molecule has 98 valence electrons. The lowest BCUT2D eigenvalue weighted by Gasteiger charge is -2.29. The van der Waals surface area contributed by atoms with Crippen molar-refractivity contribution in [1.82, 2.24) is 15.1 Å². The van der Waals surface area contributed by atoms with Gasteiger partial charge in [0.2, 0.25) is 11.8 Å². The molecule has 8 heteroatoms. The van der Waals surface area contributed by atoms with Crippen molar-refractivity contribution >= 4 is 23.8 Å². The molecular weight excluding hydrogens is 242 g/mol.